The Morgan fingerprint density at radius 1 is 1.21 bits per heavy atom. The SMILES string of the molecule is Nc1cc(N2CC3CC3C2)nc(N)n1. The molecule has 5 nitrogen and oxygen atoms in total. The molecule has 5 heteroatoms. The van der Waals surface area contributed by atoms with E-state index in [1.165, 1.54) is 6.42 Å². The molecule has 0 aromatic carbocycles. The average Bonchev–Trinajstić information content (AvgIpc) is 2.72. The quantitative estimate of drug-likeness (QED) is 0.657. The number of anilines is 3. The van der Waals surface area contributed by atoms with Gasteiger partial charge in [0.1, 0.15) is 11.6 Å². The van der Waals surface area contributed by atoms with Crippen LogP contribution in [0.2, 0.25) is 0 Å². The van der Waals surface area contributed by atoms with Crippen LogP contribution in [0.3, 0.4) is 0 Å². The summed E-state index contributed by atoms with van der Waals surface area (Å²) in [4.78, 5) is 10.3. The Hall–Kier alpha value is -1.52. The molecular formula is C9H13N5. The predicted molar refractivity (Wildman–Crippen MR) is 54.7 cm³/mol. The van der Waals surface area contributed by atoms with Crippen LogP contribution in [0.15, 0.2) is 6.07 Å². The number of hydrogen-bond acceptors (Lipinski definition) is 5. The maximum Gasteiger partial charge on any atom is 0.223 e. The molecule has 0 amide bonds. The summed E-state index contributed by atoms with van der Waals surface area (Å²) in [5, 5.41) is 0. The normalized spacial score (nSPS) is 29.0. The smallest absolute Gasteiger partial charge is 0.223 e. The molecule has 2 fully saturated rings. The Morgan fingerprint density at radius 2 is 1.93 bits per heavy atom. The highest BCUT2D eigenvalue weighted by Gasteiger charge is 2.45. The van der Waals surface area contributed by atoms with E-state index in [1.807, 2.05) is 0 Å². The first-order chi connectivity index (χ1) is 6.72. The van der Waals surface area contributed by atoms with Gasteiger partial charge in [-0.2, -0.15) is 9.97 Å². The molecular weight excluding hydrogens is 178 g/mol. The molecule has 2 heterocycles. The zero-order valence-electron chi connectivity index (χ0n) is 7.85. The standard InChI is InChI=1S/C9H13N5/c10-7-2-8(13-9(11)12-7)14-3-5-1-6(5)4-14/h2,5-6H,1,3-4H2,(H4,10,11,12,13). The van der Waals surface area contributed by atoms with Gasteiger partial charge in [0.25, 0.3) is 0 Å². The lowest BCUT2D eigenvalue weighted by molar-refractivity contribution is 0.804. The molecule has 1 aromatic heterocycles. The third kappa shape index (κ3) is 1.16. The van der Waals surface area contributed by atoms with Crippen molar-refractivity contribution in [1.29, 1.82) is 0 Å². The van der Waals surface area contributed by atoms with Crippen molar-refractivity contribution in [3.05, 3.63) is 6.07 Å². The lowest BCUT2D eigenvalue weighted by Crippen LogP contribution is -2.23. The van der Waals surface area contributed by atoms with Crippen molar-refractivity contribution < 1.29 is 0 Å². The van der Waals surface area contributed by atoms with Crippen LogP contribution in [-0.2, 0) is 0 Å². The van der Waals surface area contributed by atoms with Gasteiger partial charge in [-0.05, 0) is 18.3 Å². The molecule has 2 aliphatic rings. The second kappa shape index (κ2) is 2.50. The summed E-state index contributed by atoms with van der Waals surface area (Å²) in [5.74, 6) is 3.36. The highest BCUT2D eigenvalue weighted by molar-refractivity contribution is 5.51. The number of piperidine rings is 1. The zero-order chi connectivity index (χ0) is 9.71. The van der Waals surface area contributed by atoms with Crippen LogP contribution in [-0.4, -0.2) is 23.1 Å². The molecule has 0 bridgehead atoms. The number of nitrogen functional groups attached to an aromatic ring is 2. The minimum atomic E-state index is 0.264. The number of aromatic nitrogens is 2. The fourth-order valence-corrected chi connectivity index (χ4v) is 2.22. The Balaban J connectivity index is 1.88. The van der Waals surface area contributed by atoms with Crippen LogP contribution in [0.25, 0.3) is 0 Å². The van der Waals surface area contributed by atoms with Gasteiger partial charge in [-0.1, -0.05) is 0 Å². The molecule has 1 aliphatic heterocycles. The summed E-state index contributed by atoms with van der Waals surface area (Å²) >= 11 is 0. The van der Waals surface area contributed by atoms with E-state index >= 15 is 0 Å². The fourth-order valence-electron chi connectivity index (χ4n) is 2.22. The van der Waals surface area contributed by atoms with Gasteiger partial charge in [-0.15, -0.1) is 0 Å². The highest BCUT2D eigenvalue weighted by Crippen LogP contribution is 2.45. The van der Waals surface area contributed by atoms with E-state index in [0.717, 1.165) is 30.7 Å². The van der Waals surface area contributed by atoms with Crippen molar-refractivity contribution in [1.82, 2.24) is 9.97 Å². The maximum atomic E-state index is 5.62. The lowest BCUT2D eigenvalue weighted by Gasteiger charge is -2.19. The molecule has 1 aromatic rings. The molecule has 1 saturated carbocycles. The number of hydrogen-bond donors (Lipinski definition) is 2. The summed E-state index contributed by atoms with van der Waals surface area (Å²) in [5.41, 5.74) is 11.2. The minimum Gasteiger partial charge on any atom is -0.383 e. The average molecular weight is 191 g/mol. The Labute approximate surface area is 82.1 Å². The molecule has 2 atom stereocenters. The van der Waals surface area contributed by atoms with E-state index in [9.17, 15) is 0 Å². The second-order valence-electron chi connectivity index (χ2n) is 4.17. The second-order valence-corrected chi connectivity index (χ2v) is 4.17. The summed E-state index contributed by atoms with van der Waals surface area (Å²) in [6.45, 7) is 2.20. The van der Waals surface area contributed by atoms with Crippen molar-refractivity contribution >= 4 is 17.6 Å². The van der Waals surface area contributed by atoms with E-state index in [2.05, 4.69) is 14.9 Å². The molecule has 0 spiro atoms. The van der Waals surface area contributed by atoms with Crippen molar-refractivity contribution in [2.75, 3.05) is 29.5 Å². The fraction of sp³-hybridized carbons (Fsp3) is 0.556. The highest BCUT2D eigenvalue weighted by atomic mass is 15.2. The third-order valence-corrected chi connectivity index (χ3v) is 3.05. The topological polar surface area (TPSA) is 81.1 Å². The summed E-state index contributed by atoms with van der Waals surface area (Å²) < 4.78 is 0. The Morgan fingerprint density at radius 3 is 2.57 bits per heavy atom. The first-order valence-electron chi connectivity index (χ1n) is 4.87. The van der Waals surface area contributed by atoms with Crippen molar-refractivity contribution in [2.24, 2.45) is 11.8 Å². The van der Waals surface area contributed by atoms with Gasteiger partial charge in [-0.25, -0.2) is 0 Å². The van der Waals surface area contributed by atoms with E-state index < -0.39 is 0 Å². The Kier molecular flexibility index (Phi) is 1.40. The molecule has 14 heavy (non-hydrogen) atoms. The molecule has 74 valence electrons. The first-order valence-corrected chi connectivity index (χ1v) is 4.87. The van der Waals surface area contributed by atoms with Crippen molar-refractivity contribution in [3.8, 4) is 0 Å². The predicted octanol–water partition coefficient (Wildman–Crippen LogP) is 0.0971. The van der Waals surface area contributed by atoms with Gasteiger partial charge in [0, 0.05) is 19.2 Å². The van der Waals surface area contributed by atoms with Gasteiger partial charge < -0.3 is 16.4 Å². The molecule has 1 aliphatic carbocycles. The van der Waals surface area contributed by atoms with Crippen LogP contribution in [0.1, 0.15) is 6.42 Å². The number of nitrogens with two attached hydrogens (primary N) is 2. The van der Waals surface area contributed by atoms with E-state index in [0.29, 0.717) is 5.82 Å². The number of nitrogens with zero attached hydrogens (tertiary/aromatic N) is 3. The Bertz CT molecular complexity index is 347. The van der Waals surface area contributed by atoms with Crippen LogP contribution in [0, 0.1) is 11.8 Å². The van der Waals surface area contributed by atoms with E-state index in [-0.39, 0.29) is 5.95 Å². The number of fused-ring (bicyclic) bond motifs is 1. The van der Waals surface area contributed by atoms with Crippen LogP contribution < -0.4 is 16.4 Å². The van der Waals surface area contributed by atoms with Gasteiger partial charge in [-0.3, -0.25) is 0 Å². The molecule has 1 saturated heterocycles. The lowest BCUT2D eigenvalue weighted by atomic mass is 10.4. The van der Waals surface area contributed by atoms with Crippen LogP contribution >= 0.6 is 0 Å². The minimum absolute atomic E-state index is 0.264. The molecule has 2 unspecified atom stereocenters. The monoisotopic (exact) mass is 191 g/mol. The van der Waals surface area contributed by atoms with Gasteiger partial charge in [0.05, 0.1) is 0 Å². The van der Waals surface area contributed by atoms with Crippen molar-refractivity contribution in [2.45, 2.75) is 6.42 Å². The van der Waals surface area contributed by atoms with Gasteiger partial charge in [0.2, 0.25) is 5.95 Å². The van der Waals surface area contributed by atoms with Crippen LogP contribution in [0.4, 0.5) is 17.6 Å². The molecule has 4 N–H and O–H groups in total. The summed E-state index contributed by atoms with van der Waals surface area (Å²) in [7, 11) is 0. The summed E-state index contributed by atoms with van der Waals surface area (Å²) in [6, 6.07) is 1.79. The van der Waals surface area contributed by atoms with E-state index in [1.54, 1.807) is 6.07 Å². The summed E-state index contributed by atoms with van der Waals surface area (Å²) in [6.07, 6.45) is 1.38. The molecule has 0 radical (unpaired) electrons. The van der Waals surface area contributed by atoms with Crippen molar-refractivity contribution in [3.63, 3.8) is 0 Å². The third-order valence-electron chi connectivity index (χ3n) is 3.05. The molecule has 3 rings (SSSR count). The van der Waals surface area contributed by atoms with Gasteiger partial charge >= 0.3 is 0 Å². The van der Waals surface area contributed by atoms with E-state index in [4.69, 9.17) is 11.5 Å². The maximum absolute atomic E-state index is 5.62. The largest absolute Gasteiger partial charge is 0.383 e. The van der Waals surface area contributed by atoms with Crippen LogP contribution in [0.5, 0.6) is 0 Å². The van der Waals surface area contributed by atoms with Gasteiger partial charge in [0.15, 0.2) is 0 Å². The number of rotatable bonds is 1. The zero-order valence-corrected chi connectivity index (χ0v) is 7.85. The first kappa shape index (κ1) is 7.84.